The summed E-state index contributed by atoms with van der Waals surface area (Å²) in [5, 5.41) is 6.27. The summed E-state index contributed by atoms with van der Waals surface area (Å²) in [5.41, 5.74) is 10.8. The van der Waals surface area contributed by atoms with Gasteiger partial charge in [-0.05, 0) is 71.8 Å². The summed E-state index contributed by atoms with van der Waals surface area (Å²) in [6, 6.07) is 68.8. The molecule has 0 amide bonds. The van der Waals surface area contributed by atoms with Crippen LogP contribution in [0.15, 0.2) is 200 Å². The molecule has 0 atom stereocenters. The summed E-state index contributed by atoms with van der Waals surface area (Å²) < 4.78 is 7.36. The molecule has 0 unspecified atom stereocenters. The molecule has 0 spiro atoms. The molecule has 8 aromatic carbocycles. The highest BCUT2D eigenvalue weighted by Gasteiger charge is 2.20. The van der Waals surface area contributed by atoms with E-state index in [1.807, 2.05) is 72.0 Å². The Bertz CT molecular complexity index is 3490. The first-order chi connectivity index (χ1) is 29.2. The highest BCUT2D eigenvalue weighted by atomic mass is 32.1. The monoisotopic (exact) mass is 771 g/mol. The molecule has 6 heteroatoms. The lowest BCUT2D eigenvalue weighted by Gasteiger charge is -2.13. The number of nitrogens with zero attached hydrogens (tertiary/aromatic N) is 5. The van der Waals surface area contributed by atoms with Gasteiger partial charge in [-0.3, -0.25) is 0 Å². The molecule has 0 aliphatic carbocycles. The Kier molecular flexibility index (Phi) is 7.64. The van der Waals surface area contributed by atoms with E-state index in [0.717, 1.165) is 39.2 Å². The Hall–Kier alpha value is -7.67. The number of benzene rings is 8. The lowest BCUT2D eigenvalue weighted by molar-refractivity contribution is 1.07. The normalized spacial score (nSPS) is 11.7. The summed E-state index contributed by atoms with van der Waals surface area (Å²) in [4.78, 5) is 15.0. The quantitative estimate of drug-likeness (QED) is 0.169. The molecule has 4 aromatic heterocycles. The molecule has 0 bridgehead atoms. The van der Waals surface area contributed by atoms with Gasteiger partial charge < -0.3 is 9.13 Å². The number of aromatic nitrogens is 5. The fourth-order valence-electron chi connectivity index (χ4n) is 8.62. The van der Waals surface area contributed by atoms with Crippen LogP contribution in [-0.4, -0.2) is 24.1 Å². The van der Waals surface area contributed by atoms with E-state index in [1.54, 1.807) is 0 Å². The molecule has 276 valence electrons. The second kappa shape index (κ2) is 13.5. The van der Waals surface area contributed by atoms with Crippen LogP contribution in [0.4, 0.5) is 0 Å². The van der Waals surface area contributed by atoms with Crippen LogP contribution < -0.4 is 0 Å². The largest absolute Gasteiger partial charge is 0.316 e. The van der Waals surface area contributed by atoms with Crippen molar-refractivity contribution in [2.75, 3.05) is 0 Å². The molecule has 12 aromatic rings. The molecular weight excluding hydrogens is 739 g/mol. The van der Waals surface area contributed by atoms with E-state index in [2.05, 4.69) is 149 Å². The van der Waals surface area contributed by atoms with Crippen molar-refractivity contribution in [2.24, 2.45) is 0 Å². The van der Waals surface area contributed by atoms with Crippen molar-refractivity contribution in [1.29, 1.82) is 0 Å². The van der Waals surface area contributed by atoms with Gasteiger partial charge in [0.25, 0.3) is 0 Å². The van der Waals surface area contributed by atoms with Gasteiger partial charge in [0.1, 0.15) is 0 Å². The van der Waals surface area contributed by atoms with Crippen LogP contribution in [0.5, 0.6) is 0 Å². The molecule has 4 heterocycles. The third kappa shape index (κ3) is 5.57. The van der Waals surface area contributed by atoms with E-state index < -0.39 is 0 Å². The molecule has 0 saturated carbocycles. The fourth-order valence-corrected chi connectivity index (χ4v) is 9.73. The molecule has 5 nitrogen and oxygen atoms in total. The standard InChI is InChI=1S/C53H33N5S/c1-4-14-34(15-5-1)51-54-52(35-16-6-2-7-17-35)56-53(55-51)39-20-12-18-36(30-39)37-19-13-23-41(31-37)58-46-33-45-38(28-29-57(45)40-21-8-3-9-22-40)32-44(46)42-26-27-48-49(50(42)58)43-24-10-11-25-47(43)59-48/h1-33H. The Morgan fingerprint density at radius 3 is 1.71 bits per heavy atom. The minimum Gasteiger partial charge on any atom is -0.316 e. The minimum absolute atomic E-state index is 0.635. The molecule has 0 aliphatic rings. The number of fused-ring (bicyclic) bond motifs is 8. The van der Waals surface area contributed by atoms with Crippen molar-refractivity contribution in [3.8, 4) is 56.7 Å². The highest BCUT2D eigenvalue weighted by Crippen LogP contribution is 2.44. The van der Waals surface area contributed by atoms with Crippen LogP contribution in [0.2, 0.25) is 0 Å². The topological polar surface area (TPSA) is 48.5 Å². The van der Waals surface area contributed by atoms with Crippen LogP contribution in [0.1, 0.15) is 0 Å². The van der Waals surface area contributed by atoms with Gasteiger partial charge in [-0.15, -0.1) is 11.3 Å². The van der Waals surface area contributed by atoms with Crippen molar-refractivity contribution < 1.29 is 0 Å². The minimum atomic E-state index is 0.635. The van der Waals surface area contributed by atoms with Gasteiger partial charge in [0.15, 0.2) is 17.5 Å². The van der Waals surface area contributed by atoms with Gasteiger partial charge in [0.2, 0.25) is 0 Å². The van der Waals surface area contributed by atoms with Gasteiger partial charge in [0, 0.05) is 70.6 Å². The first kappa shape index (κ1) is 33.5. The predicted molar refractivity (Wildman–Crippen MR) is 246 cm³/mol. The lowest BCUT2D eigenvalue weighted by Crippen LogP contribution is -2.00. The van der Waals surface area contributed by atoms with Crippen LogP contribution >= 0.6 is 11.3 Å². The van der Waals surface area contributed by atoms with Crippen LogP contribution in [0.3, 0.4) is 0 Å². The molecule has 0 N–H and O–H groups in total. The molecule has 0 aliphatic heterocycles. The van der Waals surface area contributed by atoms with Gasteiger partial charge >= 0.3 is 0 Å². The SMILES string of the molecule is c1ccc(-c2nc(-c3ccccc3)nc(-c3cccc(-c4cccc(-n5c6cc7c(ccn7-c7ccccc7)cc6c6ccc7sc8ccccc8c7c65)c4)c3)n2)cc1. The zero-order valence-electron chi connectivity index (χ0n) is 31.7. The summed E-state index contributed by atoms with van der Waals surface area (Å²) in [6.45, 7) is 0. The van der Waals surface area contributed by atoms with Crippen molar-refractivity contribution in [3.63, 3.8) is 0 Å². The average Bonchev–Trinajstić information content (AvgIpc) is 4.00. The maximum atomic E-state index is 5.03. The van der Waals surface area contributed by atoms with E-state index in [9.17, 15) is 0 Å². The predicted octanol–water partition coefficient (Wildman–Crippen LogP) is 13.9. The molecule has 0 saturated heterocycles. The van der Waals surface area contributed by atoms with E-state index in [1.165, 1.54) is 52.9 Å². The first-order valence-corrected chi connectivity index (χ1v) is 20.6. The Labute approximate surface area is 343 Å². The van der Waals surface area contributed by atoms with E-state index in [-0.39, 0.29) is 0 Å². The average molecular weight is 772 g/mol. The van der Waals surface area contributed by atoms with Gasteiger partial charge in [0.05, 0.1) is 16.6 Å². The second-order valence-corrected chi connectivity index (χ2v) is 16.0. The fraction of sp³-hybridized carbons (Fsp3) is 0. The summed E-state index contributed by atoms with van der Waals surface area (Å²) in [6.07, 6.45) is 2.18. The van der Waals surface area contributed by atoms with Crippen molar-refractivity contribution in [2.45, 2.75) is 0 Å². The Morgan fingerprint density at radius 1 is 0.373 bits per heavy atom. The number of rotatable bonds is 6. The Balaban J connectivity index is 1.06. The number of hydrogen-bond donors (Lipinski definition) is 0. The van der Waals surface area contributed by atoms with Crippen molar-refractivity contribution in [3.05, 3.63) is 200 Å². The van der Waals surface area contributed by atoms with Gasteiger partial charge in [-0.2, -0.15) is 0 Å². The van der Waals surface area contributed by atoms with Crippen LogP contribution in [0.25, 0.3) is 110 Å². The van der Waals surface area contributed by atoms with Crippen LogP contribution in [0, 0.1) is 0 Å². The van der Waals surface area contributed by atoms with Gasteiger partial charge in [-0.25, -0.2) is 15.0 Å². The van der Waals surface area contributed by atoms with Crippen molar-refractivity contribution >= 4 is 64.2 Å². The second-order valence-electron chi connectivity index (χ2n) is 14.9. The van der Waals surface area contributed by atoms with Crippen molar-refractivity contribution in [1.82, 2.24) is 24.1 Å². The highest BCUT2D eigenvalue weighted by molar-refractivity contribution is 7.26. The maximum absolute atomic E-state index is 5.03. The Morgan fingerprint density at radius 2 is 0.966 bits per heavy atom. The molecular formula is C53H33N5S. The van der Waals surface area contributed by atoms with Gasteiger partial charge in [-0.1, -0.05) is 133 Å². The molecule has 0 fully saturated rings. The third-order valence-electron chi connectivity index (χ3n) is 11.4. The third-order valence-corrected chi connectivity index (χ3v) is 12.5. The smallest absolute Gasteiger partial charge is 0.164 e. The number of para-hydroxylation sites is 1. The summed E-state index contributed by atoms with van der Waals surface area (Å²) >= 11 is 1.86. The van der Waals surface area contributed by atoms with E-state index in [4.69, 9.17) is 15.0 Å². The summed E-state index contributed by atoms with van der Waals surface area (Å²) in [5.74, 6) is 1.93. The number of hydrogen-bond acceptors (Lipinski definition) is 4. The zero-order chi connectivity index (χ0) is 38.9. The maximum Gasteiger partial charge on any atom is 0.164 e. The lowest BCUT2D eigenvalue weighted by atomic mass is 10.0. The molecule has 12 rings (SSSR count). The zero-order valence-corrected chi connectivity index (χ0v) is 32.5. The van der Waals surface area contributed by atoms with Crippen LogP contribution in [-0.2, 0) is 0 Å². The van der Waals surface area contributed by atoms with E-state index >= 15 is 0 Å². The first-order valence-electron chi connectivity index (χ1n) is 19.8. The summed E-state index contributed by atoms with van der Waals surface area (Å²) in [7, 11) is 0. The molecule has 0 radical (unpaired) electrons. The van der Waals surface area contributed by atoms with E-state index in [0.29, 0.717) is 17.5 Å². The molecule has 59 heavy (non-hydrogen) atoms. The number of thiophene rings is 1.